The average Bonchev–Trinajstić information content (AvgIpc) is 2.83. The standard InChI is InChI=1S/C14H13N3OS2/c1-8-3-4-12-11(5-8)13(18)6-10(15-12)7-19-14-17-16-9(2)20-14/h3-6H,7H2,1-2H3,(H,15,18). The van der Waals surface area contributed by atoms with Crippen LogP contribution in [0.25, 0.3) is 10.9 Å². The second-order valence-electron chi connectivity index (χ2n) is 4.58. The quantitative estimate of drug-likeness (QED) is 0.754. The molecule has 2 heterocycles. The lowest BCUT2D eigenvalue weighted by atomic mass is 10.1. The third kappa shape index (κ3) is 2.76. The Bertz CT molecular complexity index is 823. The number of aromatic nitrogens is 3. The van der Waals surface area contributed by atoms with E-state index in [4.69, 9.17) is 0 Å². The lowest BCUT2D eigenvalue weighted by Gasteiger charge is -2.04. The highest BCUT2D eigenvalue weighted by Gasteiger charge is 2.05. The summed E-state index contributed by atoms with van der Waals surface area (Å²) < 4.78 is 0.923. The fourth-order valence-corrected chi connectivity index (χ4v) is 3.69. The summed E-state index contributed by atoms with van der Waals surface area (Å²) in [5.74, 6) is 0.688. The molecule has 3 rings (SSSR count). The Morgan fingerprint density at radius 3 is 2.85 bits per heavy atom. The summed E-state index contributed by atoms with van der Waals surface area (Å²) in [6, 6.07) is 7.54. The summed E-state index contributed by atoms with van der Waals surface area (Å²) in [5.41, 5.74) is 2.94. The van der Waals surface area contributed by atoms with E-state index in [-0.39, 0.29) is 5.43 Å². The van der Waals surface area contributed by atoms with E-state index in [0.29, 0.717) is 5.75 Å². The maximum absolute atomic E-state index is 12.1. The van der Waals surface area contributed by atoms with Gasteiger partial charge in [0.2, 0.25) is 0 Å². The maximum Gasteiger partial charge on any atom is 0.189 e. The number of nitrogens with zero attached hydrogens (tertiary/aromatic N) is 2. The number of hydrogen-bond donors (Lipinski definition) is 1. The topological polar surface area (TPSA) is 58.6 Å². The van der Waals surface area contributed by atoms with Crippen LogP contribution in [0.15, 0.2) is 33.4 Å². The SMILES string of the molecule is Cc1ccc2[nH]c(CSc3nnc(C)s3)cc(=O)c2c1. The third-order valence-corrected chi connectivity index (χ3v) is 4.92. The van der Waals surface area contributed by atoms with Gasteiger partial charge in [0.1, 0.15) is 5.01 Å². The summed E-state index contributed by atoms with van der Waals surface area (Å²) in [7, 11) is 0. The van der Waals surface area contributed by atoms with E-state index in [0.717, 1.165) is 31.5 Å². The van der Waals surface area contributed by atoms with Crippen molar-refractivity contribution in [2.75, 3.05) is 0 Å². The van der Waals surface area contributed by atoms with Gasteiger partial charge in [-0.15, -0.1) is 10.2 Å². The average molecular weight is 303 g/mol. The summed E-state index contributed by atoms with van der Waals surface area (Å²) in [4.78, 5) is 15.4. The molecule has 0 bridgehead atoms. The Hall–Kier alpha value is -1.66. The van der Waals surface area contributed by atoms with Crippen molar-refractivity contribution in [2.24, 2.45) is 0 Å². The van der Waals surface area contributed by atoms with Crippen LogP contribution in [-0.2, 0) is 5.75 Å². The van der Waals surface area contributed by atoms with Crippen LogP contribution in [0.2, 0.25) is 0 Å². The molecule has 0 unspecified atom stereocenters. The van der Waals surface area contributed by atoms with E-state index < -0.39 is 0 Å². The lowest BCUT2D eigenvalue weighted by molar-refractivity contribution is 0.983. The molecule has 0 aliphatic rings. The van der Waals surface area contributed by atoms with Crippen molar-refractivity contribution < 1.29 is 0 Å². The largest absolute Gasteiger partial charge is 0.357 e. The minimum absolute atomic E-state index is 0.0616. The number of nitrogens with one attached hydrogen (secondary N) is 1. The van der Waals surface area contributed by atoms with Gasteiger partial charge in [0.05, 0.1) is 0 Å². The van der Waals surface area contributed by atoms with Crippen molar-refractivity contribution >= 4 is 34.0 Å². The van der Waals surface area contributed by atoms with Gasteiger partial charge in [0, 0.05) is 28.4 Å². The number of thioether (sulfide) groups is 1. The predicted octanol–water partition coefficient (Wildman–Crippen LogP) is 3.29. The molecule has 4 nitrogen and oxygen atoms in total. The Morgan fingerprint density at radius 2 is 2.10 bits per heavy atom. The van der Waals surface area contributed by atoms with E-state index in [1.54, 1.807) is 29.2 Å². The highest BCUT2D eigenvalue weighted by Crippen LogP contribution is 2.25. The summed E-state index contributed by atoms with van der Waals surface area (Å²) in [6.45, 7) is 3.92. The molecule has 1 aromatic carbocycles. The maximum atomic E-state index is 12.1. The Balaban J connectivity index is 1.89. The number of pyridine rings is 1. The van der Waals surface area contributed by atoms with Crippen LogP contribution in [0.5, 0.6) is 0 Å². The summed E-state index contributed by atoms with van der Waals surface area (Å²) >= 11 is 3.16. The highest BCUT2D eigenvalue weighted by atomic mass is 32.2. The van der Waals surface area contributed by atoms with E-state index in [9.17, 15) is 4.79 Å². The van der Waals surface area contributed by atoms with Crippen molar-refractivity contribution in [3.8, 4) is 0 Å². The van der Waals surface area contributed by atoms with Crippen LogP contribution in [-0.4, -0.2) is 15.2 Å². The van der Waals surface area contributed by atoms with Gasteiger partial charge in [0.25, 0.3) is 0 Å². The molecular weight excluding hydrogens is 290 g/mol. The van der Waals surface area contributed by atoms with Crippen molar-refractivity contribution in [3.63, 3.8) is 0 Å². The predicted molar refractivity (Wildman–Crippen MR) is 83.5 cm³/mol. The van der Waals surface area contributed by atoms with Gasteiger partial charge in [0.15, 0.2) is 9.77 Å². The van der Waals surface area contributed by atoms with Crippen LogP contribution in [0.3, 0.4) is 0 Å². The van der Waals surface area contributed by atoms with E-state index in [2.05, 4.69) is 15.2 Å². The number of aromatic amines is 1. The molecule has 0 fully saturated rings. The molecule has 0 aliphatic heterocycles. The van der Waals surface area contributed by atoms with Gasteiger partial charge < -0.3 is 4.98 Å². The molecule has 102 valence electrons. The van der Waals surface area contributed by atoms with E-state index >= 15 is 0 Å². The second-order valence-corrected chi connectivity index (χ2v) is 6.99. The molecule has 6 heteroatoms. The Morgan fingerprint density at radius 1 is 1.25 bits per heavy atom. The molecule has 0 saturated heterocycles. The molecule has 0 spiro atoms. The number of fused-ring (bicyclic) bond motifs is 1. The van der Waals surface area contributed by atoms with Crippen LogP contribution in [0.4, 0.5) is 0 Å². The monoisotopic (exact) mass is 303 g/mol. The zero-order valence-electron chi connectivity index (χ0n) is 11.1. The zero-order valence-corrected chi connectivity index (χ0v) is 12.8. The van der Waals surface area contributed by atoms with Crippen molar-refractivity contribution in [3.05, 3.63) is 50.8 Å². The van der Waals surface area contributed by atoms with Gasteiger partial charge in [-0.2, -0.15) is 0 Å². The first kappa shape index (κ1) is 13.3. The second kappa shape index (κ2) is 5.38. The highest BCUT2D eigenvalue weighted by molar-refractivity contribution is 8.00. The molecule has 3 aromatic rings. The van der Waals surface area contributed by atoms with Gasteiger partial charge in [-0.3, -0.25) is 4.79 Å². The third-order valence-electron chi connectivity index (χ3n) is 2.90. The van der Waals surface area contributed by atoms with Crippen LogP contribution in [0.1, 0.15) is 16.3 Å². The summed E-state index contributed by atoms with van der Waals surface area (Å²) in [5, 5.41) is 9.74. The van der Waals surface area contributed by atoms with Gasteiger partial charge >= 0.3 is 0 Å². The Labute approximate surface area is 124 Å². The number of aryl methyl sites for hydroxylation is 2. The molecule has 0 aliphatic carbocycles. The minimum atomic E-state index is 0.0616. The fraction of sp³-hybridized carbons (Fsp3) is 0.214. The van der Waals surface area contributed by atoms with Crippen LogP contribution in [0, 0.1) is 13.8 Å². The first-order valence-corrected chi connectivity index (χ1v) is 7.97. The molecular formula is C14H13N3OS2. The van der Waals surface area contributed by atoms with Crippen molar-refractivity contribution in [1.29, 1.82) is 0 Å². The minimum Gasteiger partial charge on any atom is -0.357 e. The fourth-order valence-electron chi connectivity index (χ4n) is 1.97. The number of H-pyrrole nitrogens is 1. The molecule has 20 heavy (non-hydrogen) atoms. The molecule has 0 amide bonds. The zero-order chi connectivity index (χ0) is 14.1. The first-order chi connectivity index (χ1) is 9.61. The Kier molecular flexibility index (Phi) is 3.58. The number of hydrogen-bond acceptors (Lipinski definition) is 5. The first-order valence-electron chi connectivity index (χ1n) is 6.17. The number of benzene rings is 1. The van der Waals surface area contributed by atoms with E-state index in [1.807, 2.05) is 32.0 Å². The molecule has 0 radical (unpaired) electrons. The van der Waals surface area contributed by atoms with Gasteiger partial charge in [-0.1, -0.05) is 34.7 Å². The van der Waals surface area contributed by atoms with Gasteiger partial charge in [-0.25, -0.2) is 0 Å². The van der Waals surface area contributed by atoms with Crippen LogP contribution < -0.4 is 5.43 Å². The van der Waals surface area contributed by atoms with Crippen molar-refractivity contribution in [2.45, 2.75) is 23.9 Å². The van der Waals surface area contributed by atoms with Gasteiger partial charge in [-0.05, 0) is 26.0 Å². The van der Waals surface area contributed by atoms with Crippen LogP contribution >= 0.6 is 23.1 Å². The number of rotatable bonds is 3. The summed E-state index contributed by atoms with van der Waals surface area (Å²) in [6.07, 6.45) is 0. The lowest BCUT2D eigenvalue weighted by Crippen LogP contribution is -2.04. The van der Waals surface area contributed by atoms with E-state index in [1.165, 1.54) is 0 Å². The van der Waals surface area contributed by atoms with Crippen molar-refractivity contribution in [1.82, 2.24) is 15.2 Å². The molecule has 0 saturated carbocycles. The molecule has 1 N–H and O–H groups in total. The molecule has 0 atom stereocenters. The molecule has 2 aromatic heterocycles. The smallest absolute Gasteiger partial charge is 0.189 e. The normalized spacial score (nSPS) is 11.1.